The van der Waals surface area contributed by atoms with Gasteiger partial charge in [-0.2, -0.15) is 0 Å². The molecule has 1 atom stereocenters. The predicted octanol–water partition coefficient (Wildman–Crippen LogP) is 0.151. The second-order valence-electron chi connectivity index (χ2n) is 4.87. The van der Waals surface area contributed by atoms with Gasteiger partial charge in [0.1, 0.15) is 5.69 Å². The summed E-state index contributed by atoms with van der Waals surface area (Å²) < 4.78 is 0. The monoisotopic (exact) mass is 276 g/mol. The molecule has 1 aliphatic heterocycles. The summed E-state index contributed by atoms with van der Waals surface area (Å²) in [5.41, 5.74) is 6.00. The smallest absolute Gasteiger partial charge is 0.270 e. The highest BCUT2D eigenvalue weighted by Crippen LogP contribution is 2.15. The molecule has 2 amide bonds. The maximum absolute atomic E-state index is 12.1. The Balaban J connectivity index is 1.87. The van der Waals surface area contributed by atoms with Gasteiger partial charge in [0, 0.05) is 25.3 Å². The third-order valence-electron chi connectivity index (χ3n) is 3.52. The van der Waals surface area contributed by atoms with Crippen LogP contribution in [0.4, 0.5) is 0 Å². The van der Waals surface area contributed by atoms with E-state index in [1.807, 2.05) is 0 Å². The number of likely N-dealkylation sites (tertiary alicyclic amines) is 1. The van der Waals surface area contributed by atoms with Crippen LogP contribution in [0.2, 0.25) is 0 Å². The Hall–Kier alpha value is -1.95. The van der Waals surface area contributed by atoms with Gasteiger partial charge in [0.25, 0.3) is 5.91 Å². The second-order valence-corrected chi connectivity index (χ2v) is 4.87. The maximum atomic E-state index is 12.1. The van der Waals surface area contributed by atoms with Crippen molar-refractivity contribution in [3.63, 3.8) is 0 Å². The molecule has 0 aliphatic carbocycles. The van der Waals surface area contributed by atoms with Crippen molar-refractivity contribution in [2.75, 3.05) is 19.6 Å². The van der Waals surface area contributed by atoms with E-state index in [2.05, 4.69) is 10.3 Å². The fraction of sp³-hybridized carbons (Fsp3) is 0.500. The Morgan fingerprint density at radius 3 is 2.95 bits per heavy atom. The first-order valence-corrected chi connectivity index (χ1v) is 6.91. The molecule has 0 saturated carbocycles. The molecule has 1 aromatic rings. The number of piperidine rings is 1. The summed E-state index contributed by atoms with van der Waals surface area (Å²) in [6.07, 6.45) is 4.59. The van der Waals surface area contributed by atoms with Crippen LogP contribution in [0.3, 0.4) is 0 Å². The summed E-state index contributed by atoms with van der Waals surface area (Å²) in [6, 6.07) is 5.19. The van der Waals surface area contributed by atoms with Gasteiger partial charge >= 0.3 is 0 Å². The number of rotatable bonds is 4. The van der Waals surface area contributed by atoms with Crippen LogP contribution in [-0.2, 0) is 4.79 Å². The quantitative estimate of drug-likeness (QED) is 0.819. The number of hydrogen-bond donors (Lipinski definition) is 2. The summed E-state index contributed by atoms with van der Waals surface area (Å²) >= 11 is 0. The van der Waals surface area contributed by atoms with Crippen molar-refractivity contribution < 1.29 is 9.59 Å². The molecule has 1 fully saturated rings. The van der Waals surface area contributed by atoms with Crippen molar-refractivity contribution in [3.8, 4) is 0 Å². The largest absolute Gasteiger partial charge is 0.342 e. The Kier molecular flexibility index (Phi) is 5.06. The lowest BCUT2D eigenvalue weighted by atomic mass is 10.0. The van der Waals surface area contributed by atoms with E-state index in [4.69, 9.17) is 5.73 Å². The highest BCUT2D eigenvalue weighted by Gasteiger charge is 2.25. The molecule has 0 bridgehead atoms. The standard InChI is InChI=1S/C14H20N4O2/c15-9-11-5-2-4-8-18(11)13(19)10-17-14(20)12-6-1-3-7-16-12/h1,3,6-7,11H,2,4-5,8-10,15H2,(H,17,20). The topological polar surface area (TPSA) is 88.3 Å². The first kappa shape index (κ1) is 14.5. The Morgan fingerprint density at radius 1 is 1.40 bits per heavy atom. The molecular weight excluding hydrogens is 256 g/mol. The molecule has 1 saturated heterocycles. The van der Waals surface area contributed by atoms with Gasteiger partial charge in [0.05, 0.1) is 6.54 Å². The number of carbonyl (C=O) groups is 2. The molecule has 108 valence electrons. The Labute approximate surface area is 118 Å². The Bertz CT molecular complexity index is 464. The first-order valence-electron chi connectivity index (χ1n) is 6.91. The number of nitrogens with zero attached hydrogens (tertiary/aromatic N) is 2. The molecule has 6 heteroatoms. The fourth-order valence-corrected chi connectivity index (χ4v) is 2.42. The van der Waals surface area contributed by atoms with E-state index >= 15 is 0 Å². The van der Waals surface area contributed by atoms with Crippen LogP contribution in [0.5, 0.6) is 0 Å². The number of nitrogens with one attached hydrogen (secondary N) is 1. The summed E-state index contributed by atoms with van der Waals surface area (Å²) in [4.78, 5) is 29.7. The minimum absolute atomic E-state index is 0.00803. The van der Waals surface area contributed by atoms with Crippen molar-refractivity contribution in [2.24, 2.45) is 5.73 Å². The van der Waals surface area contributed by atoms with Crippen LogP contribution >= 0.6 is 0 Å². The van der Waals surface area contributed by atoms with Crippen LogP contribution in [-0.4, -0.2) is 47.4 Å². The molecule has 6 nitrogen and oxygen atoms in total. The number of aromatic nitrogens is 1. The summed E-state index contributed by atoms with van der Waals surface area (Å²) in [5.74, 6) is -0.412. The summed E-state index contributed by atoms with van der Waals surface area (Å²) in [7, 11) is 0. The van der Waals surface area contributed by atoms with E-state index in [0.29, 0.717) is 12.2 Å². The average Bonchev–Trinajstić information content (AvgIpc) is 2.53. The normalized spacial score (nSPS) is 18.6. The number of pyridine rings is 1. The number of nitrogens with two attached hydrogens (primary N) is 1. The molecule has 1 unspecified atom stereocenters. The second kappa shape index (κ2) is 7.00. The van der Waals surface area contributed by atoms with Gasteiger partial charge in [0.2, 0.25) is 5.91 Å². The molecule has 20 heavy (non-hydrogen) atoms. The van der Waals surface area contributed by atoms with E-state index in [-0.39, 0.29) is 24.4 Å². The molecular formula is C14H20N4O2. The van der Waals surface area contributed by atoms with E-state index in [0.717, 1.165) is 25.8 Å². The molecule has 2 rings (SSSR count). The Morgan fingerprint density at radius 2 is 2.25 bits per heavy atom. The van der Waals surface area contributed by atoms with Gasteiger partial charge in [-0.1, -0.05) is 6.07 Å². The summed E-state index contributed by atoms with van der Waals surface area (Å²) in [6.45, 7) is 1.19. The van der Waals surface area contributed by atoms with Gasteiger partial charge in [-0.15, -0.1) is 0 Å². The molecule has 0 radical (unpaired) electrons. The zero-order valence-corrected chi connectivity index (χ0v) is 11.4. The highest BCUT2D eigenvalue weighted by atomic mass is 16.2. The van der Waals surface area contributed by atoms with Gasteiger partial charge in [-0.3, -0.25) is 14.6 Å². The SMILES string of the molecule is NCC1CCCCN1C(=O)CNC(=O)c1ccccn1. The van der Waals surface area contributed by atoms with Gasteiger partial charge < -0.3 is 16.0 Å². The zero-order chi connectivity index (χ0) is 14.4. The van der Waals surface area contributed by atoms with Gasteiger partial charge in [-0.05, 0) is 31.4 Å². The van der Waals surface area contributed by atoms with Crippen LogP contribution in [0.25, 0.3) is 0 Å². The van der Waals surface area contributed by atoms with Crippen molar-refractivity contribution in [3.05, 3.63) is 30.1 Å². The van der Waals surface area contributed by atoms with Crippen molar-refractivity contribution in [2.45, 2.75) is 25.3 Å². The lowest BCUT2D eigenvalue weighted by molar-refractivity contribution is -0.133. The van der Waals surface area contributed by atoms with Crippen LogP contribution in [0.1, 0.15) is 29.8 Å². The third kappa shape index (κ3) is 3.54. The number of amides is 2. The van der Waals surface area contributed by atoms with E-state index in [9.17, 15) is 9.59 Å². The van der Waals surface area contributed by atoms with E-state index in [1.54, 1.807) is 29.3 Å². The minimum Gasteiger partial charge on any atom is -0.342 e. The van der Waals surface area contributed by atoms with Crippen LogP contribution in [0.15, 0.2) is 24.4 Å². The lowest BCUT2D eigenvalue weighted by Crippen LogP contribution is -2.50. The average molecular weight is 276 g/mol. The molecule has 3 N–H and O–H groups in total. The van der Waals surface area contributed by atoms with Crippen molar-refractivity contribution >= 4 is 11.8 Å². The molecule has 0 aromatic carbocycles. The molecule has 0 spiro atoms. The molecule has 1 aromatic heterocycles. The summed E-state index contributed by atoms with van der Waals surface area (Å²) in [5, 5.41) is 2.61. The zero-order valence-electron chi connectivity index (χ0n) is 11.4. The first-order chi connectivity index (χ1) is 9.72. The number of carbonyl (C=O) groups excluding carboxylic acids is 2. The highest BCUT2D eigenvalue weighted by molar-refractivity contribution is 5.94. The van der Waals surface area contributed by atoms with Crippen molar-refractivity contribution in [1.82, 2.24) is 15.2 Å². The minimum atomic E-state index is -0.333. The maximum Gasteiger partial charge on any atom is 0.270 e. The van der Waals surface area contributed by atoms with E-state index < -0.39 is 0 Å². The lowest BCUT2D eigenvalue weighted by Gasteiger charge is -2.35. The molecule has 1 aliphatic rings. The van der Waals surface area contributed by atoms with Gasteiger partial charge in [-0.25, -0.2) is 0 Å². The van der Waals surface area contributed by atoms with Crippen molar-refractivity contribution in [1.29, 1.82) is 0 Å². The predicted molar refractivity (Wildman–Crippen MR) is 75.0 cm³/mol. The number of hydrogen-bond acceptors (Lipinski definition) is 4. The fourth-order valence-electron chi connectivity index (χ4n) is 2.42. The van der Waals surface area contributed by atoms with E-state index in [1.165, 1.54) is 0 Å². The third-order valence-corrected chi connectivity index (χ3v) is 3.52. The van der Waals surface area contributed by atoms with Gasteiger partial charge in [0.15, 0.2) is 0 Å². The van der Waals surface area contributed by atoms with Crippen LogP contribution in [0, 0.1) is 0 Å². The van der Waals surface area contributed by atoms with Crippen LogP contribution < -0.4 is 11.1 Å². The molecule has 2 heterocycles.